The molecule has 0 radical (unpaired) electrons. The van der Waals surface area contributed by atoms with Gasteiger partial charge in [-0.2, -0.15) is 9.61 Å². The number of carbonyl (C=O) groups is 1. The Kier molecular flexibility index (Phi) is 4.75. The second-order valence-corrected chi connectivity index (χ2v) is 6.43. The molecule has 0 fully saturated rings. The molecule has 3 aromatic heterocycles. The van der Waals surface area contributed by atoms with Crippen molar-refractivity contribution >= 4 is 29.0 Å². The van der Waals surface area contributed by atoms with Crippen molar-refractivity contribution in [1.82, 2.24) is 19.8 Å². The molecule has 0 saturated heterocycles. The van der Waals surface area contributed by atoms with Gasteiger partial charge in [-0.25, -0.2) is 0 Å². The van der Waals surface area contributed by atoms with Gasteiger partial charge in [0.05, 0.1) is 24.8 Å². The van der Waals surface area contributed by atoms with Gasteiger partial charge in [0, 0.05) is 0 Å². The Bertz CT molecular complexity index is 1080. The Morgan fingerprint density at radius 3 is 2.89 bits per heavy atom. The number of hydrogen-bond donors (Lipinski definition) is 1. The summed E-state index contributed by atoms with van der Waals surface area (Å²) in [5.41, 5.74) is 1.88. The summed E-state index contributed by atoms with van der Waals surface area (Å²) in [6, 6.07) is 14.5. The van der Waals surface area contributed by atoms with Gasteiger partial charge in [-0.15, -0.1) is 10.2 Å². The lowest BCUT2D eigenvalue weighted by Gasteiger charge is -2.09. The van der Waals surface area contributed by atoms with Crippen molar-refractivity contribution in [3.05, 3.63) is 54.8 Å². The zero-order chi connectivity index (χ0) is 18.6. The number of nitrogens with zero attached hydrogens (tertiary/aromatic N) is 4. The molecule has 27 heavy (non-hydrogen) atoms. The number of nitrogens with one attached hydrogen (secondary N) is 1. The highest BCUT2D eigenvalue weighted by Crippen LogP contribution is 2.24. The lowest BCUT2D eigenvalue weighted by Crippen LogP contribution is -2.15. The number of anilines is 1. The largest absolute Gasteiger partial charge is 0.495 e. The monoisotopic (exact) mass is 381 g/mol. The minimum Gasteiger partial charge on any atom is -0.495 e. The molecule has 1 amide bonds. The third kappa shape index (κ3) is 3.63. The van der Waals surface area contributed by atoms with E-state index in [9.17, 15) is 4.79 Å². The molecule has 1 N–H and O–H groups in total. The van der Waals surface area contributed by atoms with E-state index in [2.05, 4.69) is 20.6 Å². The molecule has 1 aromatic carbocycles. The number of ether oxygens (including phenoxy) is 1. The van der Waals surface area contributed by atoms with E-state index in [0.717, 1.165) is 0 Å². The maximum absolute atomic E-state index is 12.3. The van der Waals surface area contributed by atoms with Gasteiger partial charge in [0.15, 0.2) is 11.4 Å². The molecule has 0 aliphatic heterocycles. The number of methoxy groups -OCH3 is 1. The first-order valence-corrected chi connectivity index (χ1v) is 9.05. The Morgan fingerprint density at radius 2 is 2.07 bits per heavy atom. The van der Waals surface area contributed by atoms with Crippen molar-refractivity contribution in [3.8, 4) is 17.2 Å². The molecule has 4 aromatic rings. The number of rotatable bonds is 6. The Hall–Kier alpha value is -3.33. The first kappa shape index (κ1) is 17.1. The van der Waals surface area contributed by atoms with E-state index in [0.29, 0.717) is 33.7 Å². The summed E-state index contributed by atoms with van der Waals surface area (Å²) in [7, 11) is 1.56. The van der Waals surface area contributed by atoms with Crippen LogP contribution in [0.3, 0.4) is 0 Å². The van der Waals surface area contributed by atoms with E-state index in [1.165, 1.54) is 11.8 Å². The highest BCUT2D eigenvalue weighted by atomic mass is 32.2. The summed E-state index contributed by atoms with van der Waals surface area (Å²) in [6.07, 6.45) is 1.59. The van der Waals surface area contributed by atoms with Gasteiger partial charge in [-0.05, 0) is 36.4 Å². The fourth-order valence-corrected chi connectivity index (χ4v) is 3.17. The number of furan rings is 1. The molecular weight excluding hydrogens is 366 g/mol. The number of carbonyl (C=O) groups excluding carboxylic acids is 1. The second-order valence-electron chi connectivity index (χ2n) is 5.49. The maximum atomic E-state index is 12.3. The van der Waals surface area contributed by atoms with Crippen LogP contribution in [-0.4, -0.2) is 38.6 Å². The molecule has 0 spiro atoms. The van der Waals surface area contributed by atoms with Crippen LogP contribution in [0.2, 0.25) is 0 Å². The molecule has 136 valence electrons. The molecule has 0 bridgehead atoms. The molecule has 8 nitrogen and oxygen atoms in total. The predicted octanol–water partition coefficient (Wildman–Crippen LogP) is 3.12. The van der Waals surface area contributed by atoms with E-state index in [-0.39, 0.29) is 11.7 Å². The molecule has 4 rings (SSSR count). The molecular formula is C18H15N5O3S. The van der Waals surface area contributed by atoms with Crippen LogP contribution in [-0.2, 0) is 4.79 Å². The molecule has 0 aliphatic rings. The quantitative estimate of drug-likeness (QED) is 0.513. The van der Waals surface area contributed by atoms with Gasteiger partial charge in [0.2, 0.25) is 11.1 Å². The maximum Gasteiger partial charge on any atom is 0.234 e. The Balaban J connectivity index is 1.48. The van der Waals surface area contributed by atoms with E-state index in [1.54, 1.807) is 42.2 Å². The number of thioether (sulfide) groups is 1. The summed E-state index contributed by atoms with van der Waals surface area (Å²) in [5.74, 6) is 1.23. The number of benzene rings is 1. The van der Waals surface area contributed by atoms with Crippen LogP contribution in [0.4, 0.5) is 5.69 Å². The molecule has 0 atom stereocenters. The standard InChI is InChI=1S/C18H15N5O3S/c1-25-14-6-3-2-5-12(14)19-17(24)11-27-18-21-20-16-9-8-13(22-23(16)18)15-7-4-10-26-15/h2-10H,11H2,1H3,(H,19,24). The summed E-state index contributed by atoms with van der Waals surface area (Å²) in [6.45, 7) is 0. The van der Waals surface area contributed by atoms with Crippen molar-refractivity contribution < 1.29 is 13.9 Å². The summed E-state index contributed by atoms with van der Waals surface area (Å²) in [4.78, 5) is 12.3. The van der Waals surface area contributed by atoms with Gasteiger partial charge in [0.25, 0.3) is 0 Å². The third-order valence-electron chi connectivity index (χ3n) is 3.72. The fourth-order valence-electron chi connectivity index (χ4n) is 2.48. The van der Waals surface area contributed by atoms with Crippen LogP contribution in [0.15, 0.2) is 64.4 Å². The van der Waals surface area contributed by atoms with Gasteiger partial charge < -0.3 is 14.5 Å². The summed E-state index contributed by atoms with van der Waals surface area (Å²) in [5, 5.41) is 16.0. The van der Waals surface area contributed by atoms with Crippen molar-refractivity contribution in [2.75, 3.05) is 18.2 Å². The lowest BCUT2D eigenvalue weighted by atomic mass is 10.3. The van der Waals surface area contributed by atoms with Gasteiger partial charge in [-0.3, -0.25) is 4.79 Å². The van der Waals surface area contributed by atoms with E-state index >= 15 is 0 Å². The highest BCUT2D eigenvalue weighted by molar-refractivity contribution is 7.99. The zero-order valence-electron chi connectivity index (χ0n) is 14.3. The zero-order valence-corrected chi connectivity index (χ0v) is 15.1. The summed E-state index contributed by atoms with van der Waals surface area (Å²) < 4.78 is 12.2. The first-order valence-electron chi connectivity index (χ1n) is 8.06. The minimum absolute atomic E-state index is 0.158. The topological polar surface area (TPSA) is 94.5 Å². The highest BCUT2D eigenvalue weighted by Gasteiger charge is 2.13. The molecule has 3 heterocycles. The number of fused-ring (bicyclic) bond motifs is 1. The van der Waals surface area contributed by atoms with Crippen LogP contribution < -0.4 is 10.1 Å². The van der Waals surface area contributed by atoms with E-state index < -0.39 is 0 Å². The lowest BCUT2D eigenvalue weighted by molar-refractivity contribution is -0.113. The predicted molar refractivity (Wildman–Crippen MR) is 101 cm³/mol. The van der Waals surface area contributed by atoms with Crippen LogP contribution >= 0.6 is 11.8 Å². The SMILES string of the molecule is COc1ccccc1NC(=O)CSc1nnc2ccc(-c3ccco3)nn12. The van der Waals surface area contributed by atoms with Crippen molar-refractivity contribution in [3.63, 3.8) is 0 Å². The van der Waals surface area contributed by atoms with Crippen LogP contribution in [0.1, 0.15) is 0 Å². The van der Waals surface area contributed by atoms with E-state index in [4.69, 9.17) is 9.15 Å². The number of para-hydroxylation sites is 2. The Labute approximate surface area is 158 Å². The first-order chi connectivity index (χ1) is 13.2. The van der Waals surface area contributed by atoms with Crippen molar-refractivity contribution in [2.45, 2.75) is 5.16 Å². The van der Waals surface area contributed by atoms with E-state index in [1.807, 2.05) is 24.3 Å². The average molecular weight is 381 g/mol. The Morgan fingerprint density at radius 1 is 1.19 bits per heavy atom. The molecule has 0 unspecified atom stereocenters. The fraction of sp³-hybridized carbons (Fsp3) is 0.111. The van der Waals surface area contributed by atoms with Crippen LogP contribution in [0.5, 0.6) is 5.75 Å². The number of aromatic nitrogens is 4. The second kappa shape index (κ2) is 7.50. The molecule has 0 aliphatic carbocycles. The molecule has 0 saturated carbocycles. The van der Waals surface area contributed by atoms with Crippen LogP contribution in [0.25, 0.3) is 17.1 Å². The van der Waals surface area contributed by atoms with Gasteiger partial charge in [0.1, 0.15) is 11.4 Å². The molecule has 9 heteroatoms. The minimum atomic E-state index is -0.177. The number of amides is 1. The van der Waals surface area contributed by atoms with Crippen LogP contribution in [0, 0.1) is 0 Å². The van der Waals surface area contributed by atoms with Gasteiger partial charge >= 0.3 is 0 Å². The smallest absolute Gasteiger partial charge is 0.234 e. The normalized spacial score (nSPS) is 10.9. The van der Waals surface area contributed by atoms with Gasteiger partial charge in [-0.1, -0.05) is 23.9 Å². The average Bonchev–Trinajstić information content (AvgIpc) is 3.36. The van der Waals surface area contributed by atoms with Crippen molar-refractivity contribution in [1.29, 1.82) is 0 Å². The third-order valence-corrected chi connectivity index (χ3v) is 4.64. The van der Waals surface area contributed by atoms with Crippen molar-refractivity contribution in [2.24, 2.45) is 0 Å². The summed E-state index contributed by atoms with van der Waals surface area (Å²) >= 11 is 1.25. The number of hydrogen-bond acceptors (Lipinski definition) is 7.